The number of hydrogen-bond acceptors (Lipinski definition) is 3. The van der Waals surface area contributed by atoms with E-state index in [4.69, 9.17) is 4.98 Å². The molecule has 0 atom stereocenters. The number of H-pyrrole nitrogens is 2. The molecule has 210 valence electrons. The normalized spacial score (nSPS) is 11.3. The Balaban J connectivity index is 1.24. The van der Waals surface area contributed by atoms with E-state index in [9.17, 15) is 9.18 Å². The number of aromatic amines is 2. The van der Waals surface area contributed by atoms with Crippen LogP contribution in [0.25, 0.3) is 55.7 Å². The average molecular weight is 566 g/mol. The van der Waals surface area contributed by atoms with E-state index in [-0.39, 0.29) is 11.7 Å². The van der Waals surface area contributed by atoms with Crippen LogP contribution >= 0.6 is 0 Å². The largest absolute Gasteiger partial charge is 0.337 e. The van der Waals surface area contributed by atoms with Crippen molar-refractivity contribution in [2.45, 2.75) is 19.8 Å². The highest BCUT2D eigenvalue weighted by molar-refractivity contribution is 5.99. The number of hydrogen-bond donors (Lipinski definition) is 3. The lowest BCUT2D eigenvalue weighted by Gasteiger charge is -2.11. The zero-order valence-corrected chi connectivity index (χ0v) is 23.5. The number of nitrogens with zero attached hydrogens (tertiary/aromatic N) is 2. The number of anilines is 1. The van der Waals surface area contributed by atoms with E-state index in [2.05, 4.69) is 45.6 Å². The number of rotatable bonds is 7. The van der Waals surface area contributed by atoms with Crippen molar-refractivity contribution < 1.29 is 9.18 Å². The molecule has 7 rings (SSSR count). The Morgan fingerprint density at radius 3 is 2.49 bits per heavy atom. The van der Waals surface area contributed by atoms with Crippen LogP contribution in [-0.2, 0) is 17.6 Å². The Bertz CT molecular complexity index is 2110. The first-order valence-electron chi connectivity index (χ1n) is 14.3. The molecule has 43 heavy (non-hydrogen) atoms. The van der Waals surface area contributed by atoms with Gasteiger partial charge in [-0.3, -0.25) is 9.89 Å². The second-order valence-electron chi connectivity index (χ2n) is 10.6. The van der Waals surface area contributed by atoms with Crippen LogP contribution in [0.4, 0.5) is 10.1 Å². The topological polar surface area (TPSA) is 86.5 Å². The van der Waals surface area contributed by atoms with Crippen LogP contribution in [0.2, 0.25) is 0 Å². The molecule has 0 spiro atoms. The van der Waals surface area contributed by atoms with E-state index in [1.54, 1.807) is 6.07 Å². The van der Waals surface area contributed by atoms with Gasteiger partial charge >= 0.3 is 0 Å². The minimum absolute atomic E-state index is 0.0551. The number of fused-ring (bicyclic) bond motifs is 2. The third kappa shape index (κ3) is 5.28. The van der Waals surface area contributed by atoms with Crippen LogP contribution in [0.3, 0.4) is 0 Å². The fourth-order valence-electron chi connectivity index (χ4n) is 5.53. The fraction of sp³-hybridized carbons (Fsp3) is 0.0833. The molecule has 7 heteroatoms. The molecule has 0 saturated carbocycles. The van der Waals surface area contributed by atoms with Crippen LogP contribution in [-0.4, -0.2) is 26.1 Å². The summed E-state index contributed by atoms with van der Waals surface area (Å²) in [6.45, 7) is 2.10. The van der Waals surface area contributed by atoms with Gasteiger partial charge in [0.05, 0.1) is 23.0 Å². The first-order chi connectivity index (χ1) is 21.0. The Hall–Kier alpha value is -5.56. The van der Waals surface area contributed by atoms with Gasteiger partial charge in [0.2, 0.25) is 5.91 Å². The van der Waals surface area contributed by atoms with Gasteiger partial charge in [-0.05, 0) is 76.7 Å². The Morgan fingerprint density at radius 2 is 1.65 bits per heavy atom. The summed E-state index contributed by atoms with van der Waals surface area (Å²) in [6, 6.07) is 34.4. The monoisotopic (exact) mass is 565 g/mol. The zero-order valence-electron chi connectivity index (χ0n) is 23.5. The van der Waals surface area contributed by atoms with Gasteiger partial charge in [-0.15, -0.1) is 0 Å². The second kappa shape index (κ2) is 11.0. The number of para-hydroxylation sites is 1. The summed E-state index contributed by atoms with van der Waals surface area (Å²) in [6.07, 6.45) is 1.15. The van der Waals surface area contributed by atoms with Gasteiger partial charge in [-0.2, -0.15) is 5.10 Å². The SMILES string of the molecule is CCc1cc(NC(=O)Cc2ccccc2)cc(-c2ccc3[nH]nc(-c4nc5c(-c6cccc(F)c6)cccc5[nH]4)c3c2)c1. The number of imidazole rings is 1. The quantitative estimate of drug-likeness (QED) is 0.182. The average Bonchev–Trinajstić information content (AvgIpc) is 3.65. The number of halogens is 1. The van der Waals surface area contributed by atoms with Crippen molar-refractivity contribution in [3.63, 3.8) is 0 Å². The molecule has 0 fully saturated rings. The van der Waals surface area contributed by atoms with Crippen molar-refractivity contribution >= 4 is 33.5 Å². The zero-order chi connectivity index (χ0) is 29.3. The summed E-state index contributed by atoms with van der Waals surface area (Å²) < 4.78 is 14.0. The summed E-state index contributed by atoms with van der Waals surface area (Å²) >= 11 is 0. The number of carbonyl (C=O) groups excluding carboxylic acids is 1. The minimum atomic E-state index is -0.290. The molecule has 1 amide bonds. The highest BCUT2D eigenvalue weighted by Gasteiger charge is 2.16. The number of aryl methyl sites for hydroxylation is 1. The molecule has 0 aliphatic heterocycles. The maximum Gasteiger partial charge on any atom is 0.228 e. The van der Waals surface area contributed by atoms with Crippen molar-refractivity contribution in [2.24, 2.45) is 0 Å². The smallest absolute Gasteiger partial charge is 0.228 e. The van der Waals surface area contributed by atoms with Gasteiger partial charge < -0.3 is 10.3 Å². The Kier molecular flexibility index (Phi) is 6.75. The summed E-state index contributed by atoms with van der Waals surface area (Å²) in [7, 11) is 0. The minimum Gasteiger partial charge on any atom is -0.337 e. The molecule has 0 bridgehead atoms. The lowest BCUT2D eigenvalue weighted by atomic mass is 9.99. The first-order valence-corrected chi connectivity index (χ1v) is 14.3. The van der Waals surface area contributed by atoms with E-state index in [0.29, 0.717) is 17.9 Å². The molecule has 3 N–H and O–H groups in total. The van der Waals surface area contributed by atoms with Crippen LogP contribution in [0, 0.1) is 5.82 Å². The molecular formula is C36H28FN5O. The predicted molar refractivity (Wildman–Crippen MR) is 170 cm³/mol. The molecule has 0 radical (unpaired) electrons. The van der Waals surface area contributed by atoms with E-state index >= 15 is 0 Å². The van der Waals surface area contributed by atoms with Gasteiger partial charge in [0.25, 0.3) is 0 Å². The molecule has 5 aromatic carbocycles. The summed E-state index contributed by atoms with van der Waals surface area (Å²) in [4.78, 5) is 21.1. The molecule has 6 nitrogen and oxygen atoms in total. The molecule has 0 unspecified atom stereocenters. The van der Waals surface area contributed by atoms with Crippen molar-refractivity contribution in [1.82, 2.24) is 20.2 Å². The van der Waals surface area contributed by atoms with Gasteiger partial charge in [-0.25, -0.2) is 9.37 Å². The van der Waals surface area contributed by atoms with Crippen LogP contribution < -0.4 is 5.32 Å². The Morgan fingerprint density at radius 1 is 0.791 bits per heavy atom. The van der Waals surface area contributed by atoms with Crippen LogP contribution in [0.1, 0.15) is 18.1 Å². The second-order valence-corrected chi connectivity index (χ2v) is 10.6. The standard InChI is InChI=1S/C36H28FN5O/c1-2-22-16-26(20-28(17-22)38-33(43)18-23-8-4-3-5-9-23)24-14-15-31-30(21-24)35(42-41-31)36-39-32-13-7-12-29(34(32)40-36)25-10-6-11-27(37)19-25/h3-17,19-21H,2,18H2,1H3,(H,38,43)(H,39,40)(H,41,42). The number of nitrogens with one attached hydrogen (secondary N) is 3. The van der Waals surface area contributed by atoms with E-state index in [1.807, 2.05) is 72.8 Å². The molecule has 0 saturated heterocycles. The summed E-state index contributed by atoms with van der Waals surface area (Å²) in [5.41, 5.74) is 9.65. The predicted octanol–water partition coefficient (Wildman–Crippen LogP) is 8.32. The van der Waals surface area contributed by atoms with Gasteiger partial charge in [0.15, 0.2) is 5.82 Å². The molecule has 2 heterocycles. The lowest BCUT2D eigenvalue weighted by Crippen LogP contribution is -2.14. The van der Waals surface area contributed by atoms with Crippen molar-refractivity contribution in [2.75, 3.05) is 5.32 Å². The van der Waals surface area contributed by atoms with Crippen molar-refractivity contribution in [3.05, 3.63) is 126 Å². The van der Waals surface area contributed by atoms with E-state index in [0.717, 1.165) is 67.4 Å². The summed E-state index contributed by atoms with van der Waals surface area (Å²) in [5, 5.41) is 11.7. The highest BCUT2D eigenvalue weighted by Crippen LogP contribution is 2.34. The molecule has 7 aromatic rings. The van der Waals surface area contributed by atoms with Gasteiger partial charge in [0, 0.05) is 16.6 Å². The van der Waals surface area contributed by atoms with Crippen molar-refractivity contribution in [3.8, 4) is 33.8 Å². The van der Waals surface area contributed by atoms with Crippen LogP contribution in [0.5, 0.6) is 0 Å². The third-order valence-corrected chi connectivity index (χ3v) is 7.66. The maximum absolute atomic E-state index is 14.0. The van der Waals surface area contributed by atoms with Gasteiger partial charge in [-0.1, -0.05) is 73.7 Å². The Labute approximate surface area is 247 Å². The summed E-state index contributed by atoms with van der Waals surface area (Å²) in [5.74, 6) is 0.279. The van der Waals surface area contributed by atoms with Gasteiger partial charge in [0.1, 0.15) is 11.5 Å². The number of carbonyl (C=O) groups is 1. The van der Waals surface area contributed by atoms with E-state index < -0.39 is 0 Å². The fourth-order valence-corrected chi connectivity index (χ4v) is 5.53. The third-order valence-electron chi connectivity index (χ3n) is 7.66. The lowest BCUT2D eigenvalue weighted by molar-refractivity contribution is -0.115. The number of amides is 1. The van der Waals surface area contributed by atoms with Crippen molar-refractivity contribution in [1.29, 1.82) is 0 Å². The number of benzene rings is 5. The maximum atomic E-state index is 14.0. The highest BCUT2D eigenvalue weighted by atomic mass is 19.1. The van der Waals surface area contributed by atoms with E-state index in [1.165, 1.54) is 12.1 Å². The number of aromatic nitrogens is 4. The van der Waals surface area contributed by atoms with Crippen LogP contribution in [0.15, 0.2) is 109 Å². The first kappa shape index (κ1) is 26.3. The molecule has 0 aliphatic rings. The molecule has 0 aliphatic carbocycles. The molecule has 2 aromatic heterocycles. The molecular weight excluding hydrogens is 537 g/mol.